The van der Waals surface area contributed by atoms with Gasteiger partial charge in [0.05, 0.1) is 0 Å². The van der Waals surface area contributed by atoms with Gasteiger partial charge < -0.3 is 10.1 Å². The molecule has 0 bridgehead atoms. The van der Waals surface area contributed by atoms with Crippen molar-refractivity contribution in [3.8, 4) is 11.1 Å². The first-order valence-corrected chi connectivity index (χ1v) is 10.4. The summed E-state index contributed by atoms with van der Waals surface area (Å²) in [7, 11) is 0. The van der Waals surface area contributed by atoms with Gasteiger partial charge in [-0.1, -0.05) is 72.3 Å². The summed E-state index contributed by atoms with van der Waals surface area (Å²) in [6.45, 7) is 0.651. The van der Waals surface area contributed by atoms with Crippen LogP contribution in [-0.4, -0.2) is 24.2 Å². The van der Waals surface area contributed by atoms with Gasteiger partial charge in [-0.2, -0.15) is 0 Å². The summed E-state index contributed by atoms with van der Waals surface area (Å²) in [5.41, 5.74) is 5.70. The number of halogens is 2. The van der Waals surface area contributed by atoms with Gasteiger partial charge >= 0.3 is 6.09 Å². The first-order valence-electron chi connectivity index (χ1n) is 9.20. The SMILES string of the molecule is O=C(NCC=Cc1cc(Cl)ncc1Br)OCC1c2ccccc2-c2ccccc21. The quantitative estimate of drug-likeness (QED) is 0.463. The number of pyridine rings is 1. The van der Waals surface area contributed by atoms with Gasteiger partial charge in [0.2, 0.25) is 0 Å². The van der Waals surface area contributed by atoms with Gasteiger partial charge in [0.15, 0.2) is 0 Å². The average molecular weight is 470 g/mol. The highest BCUT2D eigenvalue weighted by Crippen LogP contribution is 2.44. The first kappa shape index (κ1) is 19.7. The molecule has 0 aliphatic heterocycles. The van der Waals surface area contributed by atoms with Crippen LogP contribution >= 0.6 is 27.5 Å². The number of nitrogens with zero attached hydrogens (tertiary/aromatic N) is 1. The third-order valence-corrected chi connectivity index (χ3v) is 5.73. The second-order valence-electron chi connectivity index (χ2n) is 6.64. The van der Waals surface area contributed by atoms with Gasteiger partial charge in [0.1, 0.15) is 11.8 Å². The van der Waals surface area contributed by atoms with Gasteiger partial charge in [-0.25, -0.2) is 9.78 Å². The van der Waals surface area contributed by atoms with E-state index in [-0.39, 0.29) is 5.92 Å². The van der Waals surface area contributed by atoms with Crippen molar-refractivity contribution in [1.82, 2.24) is 10.3 Å². The van der Waals surface area contributed by atoms with Crippen LogP contribution in [0.1, 0.15) is 22.6 Å². The molecule has 0 saturated heterocycles. The lowest BCUT2D eigenvalue weighted by Crippen LogP contribution is -2.26. The second kappa shape index (κ2) is 8.80. The Hall–Kier alpha value is -2.63. The standard InChI is InChI=1S/C23H18BrClN2O2/c24-21-13-27-22(25)12-15(21)6-5-11-26-23(28)29-14-20-18-9-3-1-7-16(18)17-8-2-4-10-19(17)20/h1-10,12-13,20H,11,14H2,(H,26,28). The molecule has 1 aliphatic carbocycles. The van der Waals surface area contributed by atoms with Crippen LogP contribution in [0, 0.1) is 0 Å². The van der Waals surface area contributed by atoms with Crippen molar-refractivity contribution < 1.29 is 9.53 Å². The molecule has 1 aliphatic rings. The van der Waals surface area contributed by atoms with Crippen LogP contribution in [0.3, 0.4) is 0 Å². The fourth-order valence-corrected chi connectivity index (χ4v) is 4.05. The number of rotatable bonds is 5. The molecule has 4 nitrogen and oxygen atoms in total. The molecule has 1 aromatic heterocycles. The fourth-order valence-electron chi connectivity index (χ4n) is 3.53. The lowest BCUT2D eigenvalue weighted by atomic mass is 9.98. The zero-order chi connectivity index (χ0) is 20.2. The van der Waals surface area contributed by atoms with Crippen LogP contribution in [0.15, 0.2) is 71.3 Å². The summed E-state index contributed by atoms with van der Waals surface area (Å²) in [6, 6.07) is 18.3. The Morgan fingerprint density at radius 3 is 2.48 bits per heavy atom. The molecule has 0 unspecified atom stereocenters. The summed E-state index contributed by atoms with van der Waals surface area (Å²) in [5.74, 6) is 0.0543. The Kier molecular flexibility index (Phi) is 5.97. The summed E-state index contributed by atoms with van der Waals surface area (Å²) >= 11 is 9.32. The summed E-state index contributed by atoms with van der Waals surface area (Å²) in [4.78, 5) is 16.1. The van der Waals surface area contributed by atoms with E-state index in [9.17, 15) is 4.79 Å². The Labute approximate surface area is 182 Å². The number of hydrogen-bond acceptors (Lipinski definition) is 3. The van der Waals surface area contributed by atoms with Crippen LogP contribution in [0.4, 0.5) is 4.79 Å². The van der Waals surface area contributed by atoms with Gasteiger partial charge in [-0.3, -0.25) is 0 Å². The highest BCUT2D eigenvalue weighted by molar-refractivity contribution is 9.10. The Morgan fingerprint density at radius 1 is 1.14 bits per heavy atom. The topological polar surface area (TPSA) is 51.2 Å². The van der Waals surface area contributed by atoms with Gasteiger partial charge in [0, 0.05) is 23.1 Å². The van der Waals surface area contributed by atoms with Crippen LogP contribution in [-0.2, 0) is 4.74 Å². The number of carbonyl (C=O) groups excluding carboxylic acids is 1. The zero-order valence-corrected chi connectivity index (χ0v) is 17.8. The number of amides is 1. The van der Waals surface area contributed by atoms with Crippen LogP contribution in [0.2, 0.25) is 5.15 Å². The maximum absolute atomic E-state index is 12.1. The Bertz CT molecular complexity index is 1040. The zero-order valence-electron chi connectivity index (χ0n) is 15.4. The largest absolute Gasteiger partial charge is 0.449 e. The van der Waals surface area contributed by atoms with Crippen molar-refractivity contribution in [2.24, 2.45) is 0 Å². The van der Waals surface area contributed by atoms with E-state index in [1.807, 2.05) is 36.4 Å². The van der Waals surface area contributed by atoms with E-state index < -0.39 is 6.09 Å². The predicted octanol–water partition coefficient (Wildman–Crippen LogP) is 6.05. The van der Waals surface area contributed by atoms with Crippen molar-refractivity contribution in [2.45, 2.75) is 5.92 Å². The molecule has 0 radical (unpaired) electrons. The summed E-state index contributed by atoms with van der Waals surface area (Å²) < 4.78 is 6.34. The number of aromatic nitrogens is 1. The lowest BCUT2D eigenvalue weighted by Gasteiger charge is -2.14. The smallest absolute Gasteiger partial charge is 0.407 e. The van der Waals surface area contributed by atoms with E-state index in [0.29, 0.717) is 18.3 Å². The molecule has 0 saturated carbocycles. The Balaban J connectivity index is 1.34. The Morgan fingerprint density at radius 2 is 1.79 bits per heavy atom. The van der Waals surface area contributed by atoms with E-state index >= 15 is 0 Å². The molecule has 29 heavy (non-hydrogen) atoms. The first-order chi connectivity index (χ1) is 14.1. The molecule has 1 N–H and O–H groups in total. The van der Waals surface area contributed by atoms with E-state index in [4.69, 9.17) is 16.3 Å². The third kappa shape index (κ3) is 4.36. The van der Waals surface area contributed by atoms with Gasteiger partial charge in [0.25, 0.3) is 0 Å². The maximum atomic E-state index is 12.1. The highest BCUT2D eigenvalue weighted by Gasteiger charge is 2.28. The molecule has 146 valence electrons. The van der Waals surface area contributed by atoms with Crippen molar-refractivity contribution in [3.05, 3.63) is 93.2 Å². The number of benzene rings is 2. The van der Waals surface area contributed by atoms with Crippen molar-refractivity contribution in [1.29, 1.82) is 0 Å². The van der Waals surface area contributed by atoms with Crippen LogP contribution in [0.25, 0.3) is 17.2 Å². The molecule has 0 spiro atoms. The molecule has 2 aromatic carbocycles. The second-order valence-corrected chi connectivity index (χ2v) is 7.88. The van der Waals surface area contributed by atoms with E-state index in [1.54, 1.807) is 12.3 Å². The number of hydrogen-bond donors (Lipinski definition) is 1. The molecule has 6 heteroatoms. The van der Waals surface area contributed by atoms with Crippen LogP contribution < -0.4 is 5.32 Å². The molecular formula is C23H18BrClN2O2. The molecule has 0 fully saturated rings. The lowest BCUT2D eigenvalue weighted by molar-refractivity contribution is 0.144. The van der Waals surface area contributed by atoms with Gasteiger partial charge in [-0.05, 0) is 49.8 Å². The van der Waals surface area contributed by atoms with E-state index in [1.165, 1.54) is 22.3 Å². The molecule has 1 amide bonds. The number of carbonyl (C=O) groups is 1. The molecule has 1 heterocycles. The normalized spacial score (nSPS) is 12.6. The molecule has 4 rings (SSSR count). The van der Waals surface area contributed by atoms with Crippen LogP contribution in [0.5, 0.6) is 0 Å². The number of alkyl carbamates (subject to hydrolysis) is 1. The molecule has 0 atom stereocenters. The highest BCUT2D eigenvalue weighted by atomic mass is 79.9. The predicted molar refractivity (Wildman–Crippen MR) is 119 cm³/mol. The van der Waals surface area contributed by atoms with Crippen molar-refractivity contribution in [2.75, 3.05) is 13.2 Å². The maximum Gasteiger partial charge on any atom is 0.407 e. The average Bonchev–Trinajstić information content (AvgIpc) is 3.06. The number of fused-ring (bicyclic) bond motifs is 3. The summed E-state index contributed by atoms with van der Waals surface area (Å²) in [6.07, 6.45) is 4.89. The monoisotopic (exact) mass is 468 g/mol. The summed E-state index contributed by atoms with van der Waals surface area (Å²) in [5, 5.41) is 3.16. The van der Waals surface area contributed by atoms with Crippen molar-refractivity contribution >= 4 is 39.7 Å². The molecule has 3 aromatic rings. The number of ether oxygens (including phenoxy) is 1. The van der Waals surface area contributed by atoms with E-state index in [2.05, 4.69) is 50.5 Å². The minimum atomic E-state index is -0.441. The minimum absolute atomic E-state index is 0.0543. The molecular weight excluding hydrogens is 452 g/mol. The third-order valence-electron chi connectivity index (χ3n) is 4.86. The van der Waals surface area contributed by atoms with E-state index in [0.717, 1.165) is 10.0 Å². The fraction of sp³-hybridized carbons (Fsp3) is 0.130. The van der Waals surface area contributed by atoms with Crippen molar-refractivity contribution in [3.63, 3.8) is 0 Å². The van der Waals surface area contributed by atoms with Gasteiger partial charge in [-0.15, -0.1) is 0 Å². The minimum Gasteiger partial charge on any atom is -0.449 e. The number of nitrogens with one attached hydrogen (secondary N) is 1.